The van der Waals surface area contributed by atoms with Gasteiger partial charge in [0.1, 0.15) is 0 Å². The third-order valence-corrected chi connectivity index (χ3v) is 4.29. The summed E-state index contributed by atoms with van der Waals surface area (Å²) in [6.45, 7) is 0.930. The highest BCUT2D eigenvalue weighted by Crippen LogP contribution is 2.24. The van der Waals surface area contributed by atoms with Crippen LogP contribution in [0.3, 0.4) is 0 Å². The lowest BCUT2D eigenvalue weighted by atomic mass is 9.89. The minimum absolute atomic E-state index is 0.681. The molecular formula is C16H21N3S. The second kappa shape index (κ2) is 7.96. The van der Waals surface area contributed by atoms with Crippen LogP contribution >= 0.6 is 11.8 Å². The van der Waals surface area contributed by atoms with Crippen molar-refractivity contribution in [2.45, 2.75) is 32.1 Å². The van der Waals surface area contributed by atoms with Crippen LogP contribution in [0.2, 0.25) is 0 Å². The van der Waals surface area contributed by atoms with E-state index in [9.17, 15) is 0 Å². The fourth-order valence-electron chi connectivity index (χ4n) is 2.49. The van der Waals surface area contributed by atoms with Crippen molar-refractivity contribution in [3.8, 4) is 6.07 Å². The minimum Gasteiger partial charge on any atom is -0.335 e. The lowest BCUT2D eigenvalue weighted by molar-refractivity contribution is 0.367. The Morgan fingerprint density at radius 1 is 1.30 bits per heavy atom. The standard InChI is InChI=1S/C16H21N3S/c1-20-16(18-12-14-5-3-2-4-6-14)19-15-9-7-13(11-17)8-10-15/h7-10,14H,2-6,12H2,1H3,(H,18,19). The largest absolute Gasteiger partial charge is 0.335 e. The first-order valence-electron chi connectivity index (χ1n) is 7.17. The number of rotatable bonds is 3. The molecule has 3 nitrogen and oxygen atoms in total. The molecule has 4 heteroatoms. The Hall–Kier alpha value is -1.47. The van der Waals surface area contributed by atoms with Crippen molar-refractivity contribution in [1.29, 1.82) is 5.26 Å². The Bertz CT molecular complexity index is 481. The van der Waals surface area contributed by atoms with E-state index in [4.69, 9.17) is 10.3 Å². The fraction of sp³-hybridized carbons (Fsp3) is 0.500. The summed E-state index contributed by atoms with van der Waals surface area (Å²) in [7, 11) is 0. The quantitative estimate of drug-likeness (QED) is 0.667. The number of aliphatic imine (C=N–C) groups is 1. The van der Waals surface area contributed by atoms with Crippen molar-refractivity contribution in [3.63, 3.8) is 0 Å². The highest BCUT2D eigenvalue weighted by Gasteiger charge is 2.12. The van der Waals surface area contributed by atoms with Gasteiger partial charge in [-0.1, -0.05) is 31.0 Å². The van der Waals surface area contributed by atoms with E-state index < -0.39 is 0 Å². The average molecular weight is 287 g/mol. The zero-order valence-electron chi connectivity index (χ0n) is 11.9. The molecule has 1 fully saturated rings. The number of hydrogen-bond acceptors (Lipinski definition) is 3. The zero-order chi connectivity index (χ0) is 14.2. The first-order chi connectivity index (χ1) is 9.81. The van der Waals surface area contributed by atoms with E-state index in [-0.39, 0.29) is 0 Å². The molecule has 0 spiro atoms. The van der Waals surface area contributed by atoms with Gasteiger partial charge in [-0.2, -0.15) is 5.26 Å². The highest BCUT2D eigenvalue weighted by atomic mass is 32.2. The normalized spacial score (nSPS) is 16.7. The molecule has 1 saturated carbocycles. The molecule has 0 atom stereocenters. The molecule has 0 aliphatic heterocycles. The molecular weight excluding hydrogens is 266 g/mol. The van der Waals surface area contributed by atoms with Gasteiger partial charge in [0, 0.05) is 12.2 Å². The summed E-state index contributed by atoms with van der Waals surface area (Å²) < 4.78 is 0. The summed E-state index contributed by atoms with van der Waals surface area (Å²) in [6, 6.07) is 9.61. The summed E-state index contributed by atoms with van der Waals surface area (Å²) in [6.07, 6.45) is 8.79. The molecule has 1 aromatic carbocycles. The van der Waals surface area contributed by atoms with Gasteiger partial charge in [0.15, 0.2) is 5.17 Å². The number of nitrogens with zero attached hydrogens (tertiary/aromatic N) is 2. The van der Waals surface area contributed by atoms with Crippen molar-refractivity contribution in [1.82, 2.24) is 0 Å². The smallest absolute Gasteiger partial charge is 0.160 e. The van der Waals surface area contributed by atoms with E-state index in [1.165, 1.54) is 32.1 Å². The second-order valence-corrected chi connectivity index (χ2v) is 5.96. The van der Waals surface area contributed by atoms with Crippen molar-refractivity contribution < 1.29 is 0 Å². The fourth-order valence-corrected chi connectivity index (χ4v) is 2.91. The Balaban J connectivity index is 1.91. The molecule has 106 valence electrons. The third kappa shape index (κ3) is 4.57. The first kappa shape index (κ1) is 14.9. The van der Waals surface area contributed by atoms with E-state index in [1.54, 1.807) is 11.8 Å². The summed E-state index contributed by atoms with van der Waals surface area (Å²) in [5.41, 5.74) is 1.67. The molecule has 0 amide bonds. The van der Waals surface area contributed by atoms with Gasteiger partial charge in [-0.15, -0.1) is 0 Å². The van der Waals surface area contributed by atoms with E-state index in [0.29, 0.717) is 5.56 Å². The average Bonchev–Trinajstić information content (AvgIpc) is 2.53. The SMILES string of the molecule is CSC(=NCC1CCCCC1)Nc1ccc(C#N)cc1. The number of hydrogen-bond donors (Lipinski definition) is 1. The van der Waals surface area contributed by atoms with Gasteiger partial charge in [-0.25, -0.2) is 0 Å². The number of anilines is 1. The van der Waals surface area contributed by atoms with Gasteiger partial charge in [0.25, 0.3) is 0 Å². The van der Waals surface area contributed by atoms with Crippen LogP contribution in [-0.4, -0.2) is 18.0 Å². The maximum Gasteiger partial charge on any atom is 0.160 e. The van der Waals surface area contributed by atoms with Crippen LogP contribution in [0, 0.1) is 17.2 Å². The molecule has 0 aromatic heterocycles. The van der Waals surface area contributed by atoms with Crippen molar-refractivity contribution in [3.05, 3.63) is 29.8 Å². The van der Waals surface area contributed by atoms with E-state index in [2.05, 4.69) is 11.4 Å². The van der Waals surface area contributed by atoms with Gasteiger partial charge in [0.2, 0.25) is 0 Å². The Kier molecular flexibility index (Phi) is 5.94. The van der Waals surface area contributed by atoms with Gasteiger partial charge in [-0.05, 0) is 49.3 Å². The van der Waals surface area contributed by atoms with Gasteiger partial charge >= 0.3 is 0 Å². The molecule has 1 N–H and O–H groups in total. The molecule has 1 aliphatic rings. The van der Waals surface area contributed by atoms with Crippen molar-refractivity contribution in [2.75, 3.05) is 18.1 Å². The summed E-state index contributed by atoms with van der Waals surface area (Å²) in [5, 5.41) is 13.1. The summed E-state index contributed by atoms with van der Waals surface area (Å²) in [4.78, 5) is 4.71. The van der Waals surface area contributed by atoms with Crippen molar-refractivity contribution in [2.24, 2.45) is 10.9 Å². The molecule has 0 bridgehead atoms. The number of amidine groups is 1. The van der Waals surface area contributed by atoms with Crippen LogP contribution < -0.4 is 5.32 Å². The summed E-state index contributed by atoms with van der Waals surface area (Å²) >= 11 is 1.64. The second-order valence-electron chi connectivity index (χ2n) is 5.17. The van der Waals surface area contributed by atoms with Gasteiger partial charge < -0.3 is 5.32 Å². The predicted octanol–water partition coefficient (Wildman–Crippen LogP) is 4.27. The topological polar surface area (TPSA) is 48.2 Å². The highest BCUT2D eigenvalue weighted by molar-refractivity contribution is 8.13. The first-order valence-corrected chi connectivity index (χ1v) is 8.40. The van der Waals surface area contributed by atoms with E-state index in [1.807, 2.05) is 30.5 Å². The maximum absolute atomic E-state index is 8.79. The molecule has 20 heavy (non-hydrogen) atoms. The lowest BCUT2D eigenvalue weighted by Gasteiger charge is -2.20. The molecule has 0 radical (unpaired) electrons. The maximum atomic E-state index is 8.79. The molecule has 2 rings (SSSR count). The van der Waals surface area contributed by atoms with Crippen molar-refractivity contribution >= 4 is 22.6 Å². The molecule has 0 saturated heterocycles. The van der Waals surface area contributed by atoms with E-state index >= 15 is 0 Å². The Morgan fingerprint density at radius 3 is 2.60 bits per heavy atom. The minimum atomic E-state index is 0.681. The number of benzene rings is 1. The molecule has 1 aromatic rings. The Labute approximate surface area is 125 Å². The van der Waals surface area contributed by atoms with E-state index in [0.717, 1.165) is 23.3 Å². The molecule has 0 heterocycles. The van der Waals surface area contributed by atoms with Gasteiger partial charge in [-0.3, -0.25) is 4.99 Å². The van der Waals surface area contributed by atoms with Crippen LogP contribution in [0.15, 0.2) is 29.3 Å². The predicted molar refractivity (Wildman–Crippen MR) is 87.2 cm³/mol. The van der Waals surface area contributed by atoms with Crippen LogP contribution in [0.1, 0.15) is 37.7 Å². The zero-order valence-corrected chi connectivity index (χ0v) is 12.7. The van der Waals surface area contributed by atoms with Gasteiger partial charge in [0.05, 0.1) is 11.6 Å². The monoisotopic (exact) mass is 287 g/mol. The number of nitrogens with one attached hydrogen (secondary N) is 1. The lowest BCUT2D eigenvalue weighted by Crippen LogP contribution is -2.13. The number of nitriles is 1. The van der Waals surface area contributed by atoms with Crippen LogP contribution in [0.5, 0.6) is 0 Å². The summed E-state index contributed by atoms with van der Waals surface area (Å²) in [5.74, 6) is 0.758. The Morgan fingerprint density at radius 2 is 2.00 bits per heavy atom. The molecule has 1 aliphatic carbocycles. The number of thioether (sulfide) groups is 1. The van der Waals surface area contributed by atoms with Crippen LogP contribution in [-0.2, 0) is 0 Å². The van der Waals surface area contributed by atoms with Crippen LogP contribution in [0.25, 0.3) is 0 Å². The third-order valence-electron chi connectivity index (χ3n) is 3.68. The molecule has 0 unspecified atom stereocenters. The van der Waals surface area contributed by atoms with Crippen LogP contribution in [0.4, 0.5) is 5.69 Å².